The van der Waals surface area contributed by atoms with Crippen LogP contribution in [-0.4, -0.2) is 26.0 Å². The summed E-state index contributed by atoms with van der Waals surface area (Å²) >= 11 is 0. The highest BCUT2D eigenvalue weighted by Gasteiger charge is 2.13. The molecule has 0 unspecified atom stereocenters. The molecule has 0 amide bonds. The lowest BCUT2D eigenvalue weighted by molar-refractivity contribution is 0.0690. The summed E-state index contributed by atoms with van der Waals surface area (Å²) in [6.45, 7) is 0. The molecule has 0 aliphatic heterocycles. The van der Waals surface area contributed by atoms with Crippen molar-refractivity contribution in [3.05, 3.63) is 46.3 Å². The zero-order chi connectivity index (χ0) is 12.4. The molecule has 6 nitrogen and oxygen atoms in total. The minimum absolute atomic E-state index is 0.201. The Morgan fingerprint density at radius 2 is 2.24 bits per heavy atom. The number of aromatic amines is 1. The van der Waals surface area contributed by atoms with Gasteiger partial charge in [-0.3, -0.25) is 4.79 Å². The Kier molecular flexibility index (Phi) is 2.65. The number of hydrogen-bond acceptors (Lipinski definition) is 4. The molecular formula is C10H6FN3O3. The van der Waals surface area contributed by atoms with Gasteiger partial charge >= 0.3 is 5.97 Å². The van der Waals surface area contributed by atoms with Crippen molar-refractivity contribution in [2.24, 2.45) is 0 Å². The molecule has 0 spiro atoms. The average molecular weight is 235 g/mol. The molecule has 17 heavy (non-hydrogen) atoms. The fraction of sp³-hybridized carbons (Fsp3) is 0. The van der Waals surface area contributed by atoms with Gasteiger partial charge in [0.05, 0.1) is 0 Å². The highest BCUT2D eigenvalue weighted by atomic mass is 19.1. The lowest BCUT2D eigenvalue weighted by atomic mass is 10.3. The third-order valence-corrected chi connectivity index (χ3v) is 1.94. The van der Waals surface area contributed by atoms with Gasteiger partial charge in [0.15, 0.2) is 17.3 Å². The Morgan fingerprint density at radius 1 is 1.47 bits per heavy atom. The van der Waals surface area contributed by atoms with Crippen molar-refractivity contribution in [1.82, 2.24) is 15.0 Å². The number of carboxylic acid groups (broad SMARTS) is 1. The van der Waals surface area contributed by atoms with E-state index in [2.05, 4.69) is 15.0 Å². The van der Waals surface area contributed by atoms with Gasteiger partial charge < -0.3 is 10.1 Å². The zero-order valence-corrected chi connectivity index (χ0v) is 8.35. The van der Waals surface area contributed by atoms with Gasteiger partial charge in [-0.1, -0.05) is 0 Å². The molecule has 0 aromatic carbocycles. The van der Waals surface area contributed by atoms with Crippen LogP contribution in [-0.2, 0) is 0 Å². The molecule has 0 fully saturated rings. The number of pyridine rings is 1. The molecule has 2 aromatic heterocycles. The van der Waals surface area contributed by atoms with Crippen molar-refractivity contribution >= 4 is 5.97 Å². The van der Waals surface area contributed by atoms with Gasteiger partial charge in [0.25, 0.3) is 5.56 Å². The van der Waals surface area contributed by atoms with E-state index in [0.29, 0.717) is 0 Å². The standard InChI is InChI=1S/C10H6FN3O3/c11-5-2-1-3-12-8(5)9-13-6(10(16)17)4-7(15)14-9/h1-4H,(H,16,17)(H,13,14,15). The van der Waals surface area contributed by atoms with E-state index in [1.807, 2.05) is 0 Å². The number of aromatic nitrogens is 3. The van der Waals surface area contributed by atoms with Crippen LogP contribution in [0, 0.1) is 5.82 Å². The normalized spacial score (nSPS) is 10.2. The largest absolute Gasteiger partial charge is 0.477 e. The van der Waals surface area contributed by atoms with Crippen molar-refractivity contribution in [2.75, 3.05) is 0 Å². The maximum Gasteiger partial charge on any atom is 0.354 e. The fourth-order valence-corrected chi connectivity index (χ4v) is 1.24. The molecule has 2 heterocycles. The molecule has 7 heteroatoms. The predicted octanol–water partition coefficient (Wildman–Crippen LogP) is 0.669. The first-order valence-corrected chi connectivity index (χ1v) is 4.53. The van der Waals surface area contributed by atoms with Gasteiger partial charge in [-0.05, 0) is 12.1 Å². The predicted molar refractivity (Wildman–Crippen MR) is 55.0 cm³/mol. The van der Waals surface area contributed by atoms with Crippen LogP contribution in [0.1, 0.15) is 10.5 Å². The van der Waals surface area contributed by atoms with Gasteiger partial charge in [-0.15, -0.1) is 0 Å². The summed E-state index contributed by atoms with van der Waals surface area (Å²) < 4.78 is 13.4. The third kappa shape index (κ3) is 2.17. The van der Waals surface area contributed by atoms with Gasteiger partial charge in [0.2, 0.25) is 0 Å². The number of halogens is 1. The first-order chi connectivity index (χ1) is 8.08. The van der Waals surface area contributed by atoms with E-state index in [9.17, 15) is 14.0 Å². The second-order valence-electron chi connectivity index (χ2n) is 3.12. The van der Waals surface area contributed by atoms with Crippen molar-refractivity contribution in [3.8, 4) is 11.5 Å². The Morgan fingerprint density at radius 3 is 2.88 bits per heavy atom. The summed E-state index contributed by atoms with van der Waals surface area (Å²) in [5.41, 5.74) is -1.35. The maximum atomic E-state index is 13.4. The van der Waals surface area contributed by atoms with Gasteiger partial charge in [-0.25, -0.2) is 19.2 Å². The molecule has 0 saturated heterocycles. The van der Waals surface area contributed by atoms with Crippen LogP contribution in [0.3, 0.4) is 0 Å². The Labute approximate surface area is 93.8 Å². The lowest BCUT2D eigenvalue weighted by Crippen LogP contribution is -2.14. The molecule has 0 aliphatic rings. The van der Waals surface area contributed by atoms with E-state index < -0.39 is 23.0 Å². The van der Waals surface area contributed by atoms with Gasteiger partial charge in [0.1, 0.15) is 5.69 Å². The summed E-state index contributed by atoms with van der Waals surface area (Å²) in [4.78, 5) is 31.4. The minimum atomic E-state index is -1.37. The van der Waals surface area contributed by atoms with Crippen molar-refractivity contribution < 1.29 is 14.3 Å². The molecule has 86 valence electrons. The topological polar surface area (TPSA) is 95.9 Å². The Bertz CT molecular complexity index is 639. The summed E-state index contributed by atoms with van der Waals surface area (Å²) in [6.07, 6.45) is 1.31. The second kappa shape index (κ2) is 4.12. The van der Waals surface area contributed by atoms with E-state index in [0.717, 1.165) is 12.1 Å². The van der Waals surface area contributed by atoms with E-state index in [-0.39, 0.29) is 11.5 Å². The molecule has 2 aromatic rings. The molecule has 0 radical (unpaired) electrons. The second-order valence-corrected chi connectivity index (χ2v) is 3.12. The Hall–Kier alpha value is -2.57. The van der Waals surface area contributed by atoms with Crippen LogP contribution in [0.4, 0.5) is 4.39 Å². The molecule has 0 saturated carbocycles. The monoisotopic (exact) mass is 235 g/mol. The number of aromatic carboxylic acids is 1. The number of carboxylic acids is 1. The smallest absolute Gasteiger partial charge is 0.354 e. The minimum Gasteiger partial charge on any atom is -0.477 e. The quantitative estimate of drug-likeness (QED) is 0.797. The first kappa shape index (κ1) is 10.9. The van der Waals surface area contributed by atoms with Crippen LogP contribution < -0.4 is 5.56 Å². The highest BCUT2D eigenvalue weighted by molar-refractivity contribution is 5.85. The highest BCUT2D eigenvalue weighted by Crippen LogP contribution is 2.14. The summed E-state index contributed by atoms with van der Waals surface area (Å²) in [5, 5.41) is 8.72. The van der Waals surface area contributed by atoms with Crippen LogP contribution in [0.15, 0.2) is 29.2 Å². The van der Waals surface area contributed by atoms with Crippen LogP contribution in [0.5, 0.6) is 0 Å². The number of H-pyrrole nitrogens is 1. The molecule has 0 bridgehead atoms. The van der Waals surface area contributed by atoms with Crippen LogP contribution in [0.25, 0.3) is 11.5 Å². The Balaban J connectivity index is 2.64. The first-order valence-electron chi connectivity index (χ1n) is 4.53. The molecular weight excluding hydrogens is 229 g/mol. The molecule has 2 rings (SSSR count). The average Bonchev–Trinajstić information content (AvgIpc) is 2.28. The van der Waals surface area contributed by atoms with Gasteiger partial charge in [-0.2, -0.15) is 0 Å². The van der Waals surface area contributed by atoms with Crippen molar-refractivity contribution in [3.63, 3.8) is 0 Å². The van der Waals surface area contributed by atoms with Crippen molar-refractivity contribution in [2.45, 2.75) is 0 Å². The van der Waals surface area contributed by atoms with Gasteiger partial charge in [0, 0.05) is 12.3 Å². The molecule has 0 atom stereocenters. The van der Waals surface area contributed by atoms with Crippen LogP contribution >= 0.6 is 0 Å². The van der Waals surface area contributed by atoms with E-state index in [4.69, 9.17) is 5.11 Å². The zero-order valence-electron chi connectivity index (χ0n) is 8.35. The number of hydrogen-bond donors (Lipinski definition) is 2. The van der Waals surface area contributed by atoms with E-state index in [1.54, 1.807) is 0 Å². The SMILES string of the molecule is O=C(O)c1cc(=O)[nH]c(-c2ncccc2F)n1. The summed E-state index contributed by atoms with van der Waals surface area (Å²) in [5.74, 6) is -2.28. The fourth-order valence-electron chi connectivity index (χ4n) is 1.24. The summed E-state index contributed by atoms with van der Waals surface area (Å²) in [7, 11) is 0. The van der Waals surface area contributed by atoms with E-state index >= 15 is 0 Å². The lowest BCUT2D eigenvalue weighted by Gasteiger charge is -2.01. The van der Waals surface area contributed by atoms with Crippen molar-refractivity contribution in [1.29, 1.82) is 0 Å². The number of rotatable bonds is 2. The van der Waals surface area contributed by atoms with Crippen LogP contribution in [0.2, 0.25) is 0 Å². The third-order valence-electron chi connectivity index (χ3n) is 1.94. The number of nitrogens with zero attached hydrogens (tertiary/aromatic N) is 2. The molecule has 0 aliphatic carbocycles. The summed E-state index contributed by atoms with van der Waals surface area (Å²) in [6, 6.07) is 3.32. The number of carbonyl (C=O) groups is 1. The number of nitrogens with one attached hydrogen (secondary N) is 1. The van der Waals surface area contributed by atoms with E-state index in [1.165, 1.54) is 12.3 Å². The maximum absolute atomic E-state index is 13.4. The molecule has 2 N–H and O–H groups in total.